The van der Waals surface area contributed by atoms with Crippen LogP contribution in [0.5, 0.6) is 5.75 Å². The average molecular weight is 477 g/mol. The van der Waals surface area contributed by atoms with Crippen LogP contribution < -0.4 is 4.74 Å². The largest absolute Gasteiger partial charge is 0.482 e. The molecule has 2 aliphatic carbocycles. The van der Waals surface area contributed by atoms with Gasteiger partial charge in [0.25, 0.3) is 0 Å². The van der Waals surface area contributed by atoms with Gasteiger partial charge in [0.15, 0.2) is 12.7 Å². The van der Waals surface area contributed by atoms with Crippen molar-refractivity contribution in [3.05, 3.63) is 29.3 Å². The number of benzene rings is 1. The summed E-state index contributed by atoms with van der Waals surface area (Å²) in [5, 5.41) is 19.9. The minimum absolute atomic E-state index is 0.158. The molecule has 7 nitrogen and oxygen atoms in total. The number of methoxy groups -OCH3 is 1. The number of aliphatic carboxylic acids is 1. The van der Waals surface area contributed by atoms with Gasteiger partial charge < -0.3 is 24.4 Å². The van der Waals surface area contributed by atoms with Gasteiger partial charge in [-0.1, -0.05) is 31.9 Å². The van der Waals surface area contributed by atoms with Gasteiger partial charge in [-0.2, -0.15) is 0 Å². The topological polar surface area (TPSA) is 102 Å². The van der Waals surface area contributed by atoms with Crippen molar-refractivity contribution in [1.82, 2.24) is 0 Å². The van der Waals surface area contributed by atoms with Gasteiger partial charge in [0.1, 0.15) is 11.9 Å². The number of hydrogen-bond acceptors (Lipinski definition) is 6. The van der Waals surface area contributed by atoms with Crippen molar-refractivity contribution >= 4 is 11.9 Å². The summed E-state index contributed by atoms with van der Waals surface area (Å²) in [5.41, 5.74) is 2.26. The molecule has 2 N–H and O–H groups in total. The van der Waals surface area contributed by atoms with E-state index in [1.807, 2.05) is 12.1 Å². The number of carboxylic acids is 1. The van der Waals surface area contributed by atoms with Gasteiger partial charge in [-0.05, 0) is 86.8 Å². The Hall–Kier alpha value is -2.12. The maximum absolute atomic E-state index is 12.3. The summed E-state index contributed by atoms with van der Waals surface area (Å²) in [6.07, 6.45) is 6.89. The molecule has 1 aromatic rings. The van der Waals surface area contributed by atoms with E-state index in [-0.39, 0.29) is 30.7 Å². The summed E-state index contributed by atoms with van der Waals surface area (Å²) >= 11 is 0. The van der Waals surface area contributed by atoms with Crippen LogP contribution in [0, 0.1) is 17.8 Å². The first-order chi connectivity index (χ1) is 16.3. The first-order valence-electron chi connectivity index (χ1n) is 12.7. The molecule has 1 fully saturated rings. The van der Waals surface area contributed by atoms with E-state index in [1.54, 1.807) is 6.92 Å². The molecule has 2 aliphatic rings. The van der Waals surface area contributed by atoms with Crippen molar-refractivity contribution in [3.8, 4) is 5.75 Å². The number of carbonyl (C=O) groups is 2. The summed E-state index contributed by atoms with van der Waals surface area (Å²) in [6, 6.07) is 5.83. The van der Waals surface area contributed by atoms with E-state index >= 15 is 0 Å². The van der Waals surface area contributed by atoms with E-state index < -0.39 is 12.1 Å². The SMILES string of the molecule is CCCCC[C@@H](CC[C@@H]1[C@H]2Cc3cccc(OCC(=O)O)c3C[C@H]2C[C@H]1O)OC(=O)[C@@H](C)OC. The Morgan fingerprint density at radius 2 is 1.97 bits per heavy atom. The minimum atomic E-state index is -0.989. The van der Waals surface area contributed by atoms with E-state index in [9.17, 15) is 14.7 Å². The van der Waals surface area contributed by atoms with Crippen molar-refractivity contribution in [2.75, 3.05) is 13.7 Å². The zero-order valence-electron chi connectivity index (χ0n) is 20.7. The van der Waals surface area contributed by atoms with Gasteiger partial charge in [-0.25, -0.2) is 9.59 Å². The fourth-order valence-electron chi connectivity index (χ4n) is 5.70. The van der Waals surface area contributed by atoms with Crippen molar-refractivity contribution < 1.29 is 34.0 Å². The number of ether oxygens (including phenoxy) is 3. The second kappa shape index (κ2) is 12.5. The molecule has 0 amide bonds. The average Bonchev–Trinajstić information content (AvgIpc) is 3.12. The number of aliphatic hydroxyl groups excluding tert-OH is 1. The monoisotopic (exact) mass is 476 g/mol. The molecule has 0 saturated heterocycles. The van der Waals surface area contributed by atoms with Crippen molar-refractivity contribution in [1.29, 1.82) is 0 Å². The third-order valence-corrected chi connectivity index (χ3v) is 7.62. The smallest absolute Gasteiger partial charge is 0.341 e. The lowest BCUT2D eigenvalue weighted by Crippen LogP contribution is -2.30. The van der Waals surface area contributed by atoms with Gasteiger partial charge in [0.05, 0.1) is 6.10 Å². The van der Waals surface area contributed by atoms with E-state index in [1.165, 1.54) is 12.7 Å². The predicted molar refractivity (Wildman–Crippen MR) is 128 cm³/mol. The van der Waals surface area contributed by atoms with Crippen LogP contribution >= 0.6 is 0 Å². The summed E-state index contributed by atoms with van der Waals surface area (Å²) in [6.45, 7) is 3.50. The fourth-order valence-corrected chi connectivity index (χ4v) is 5.70. The Kier molecular flexibility index (Phi) is 9.77. The third kappa shape index (κ3) is 6.72. The molecule has 190 valence electrons. The quantitative estimate of drug-likeness (QED) is 0.325. The lowest BCUT2D eigenvalue weighted by molar-refractivity contribution is -0.160. The summed E-state index contributed by atoms with van der Waals surface area (Å²) in [5.74, 6) is 0.199. The highest BCUT2D eigenvalue weighted by Gasteiger charge is 2.45. The van der Waals surface area contributed by atoms with Gasteiger partial charge in [0, 0.05) is 7.11 Å². The first-order valence-corrected chi connectivity index (χ1v) is 12.7. The Morgan fingerprint density at radius 1 is 1.18 bits per heavy atom. The molecular weight excluding hydrogens is 436 g/mol. The molecule has 6 atom stereocenters. The van der Waals surface area contributed by atoms with E-state index in [0.717, 1.165) is 63.4 Å². The van der Waals surface area contributed by atoms with Crippen LogP contribution in [0.15, 0.2) is 18.2 Å². The van der Waals surface area contributed by atoms with Gasteiger partial charge in [-0.15, -0.1) is 0 Å². The molecule has 7 heteroatoms. The zero-order valence-corrected chi connectivity index (χ0v) is 20.7. The van der Waals surface area contributed by atoms with Gasteiger partial charge in [-0.3, -0.25) is 0 Å². The van der Waals surface area contributed by atoms with E-state index in [2.05, 4.69) is 13.0 Å². The van der Waals surface area contributed by atoms with Crippen molar-refractivity contribution in [3.63, 3.8) is 0 Å². The van der Waals surface area contributed by atoms with Crippen LogP contribution in [-0.2, 0) is 31.9 Å². The van der Waals surface area contributed by atoms with Gasteiger partial charge >= 0.3 is 11.9 Å². The normalized spacial score (nSPS) is 25.2. The lowest BCUT2D eigenvalue weighted by atomic mass is 9.73. The number of aliphatic hydroxyl groups is 1. The number of unbranched alkanes of at least 4 members (excludes halogenated alkanes) is 2. The number of fused-ring (bicyclic) bond motifs is 2. The van der Waals surface area contributed by atoms with Crippen LogP contribution in [0.25, 0.3) is 0 Å². The second-order valence-electron chi connectivity index (χ2n) is 9.89. The molecule has 0 heterocycles. The highest BCUT2D eigenvalue weighted by Crippen LogP contribution is 2.48. The zero-order chi connectivity index (χ0) is 24.7. The Morgan fingerprint density at radius 3 is 2.68 bits per heavy atom. The predicted octanol–water partition coefficient (Wildman–Crippen LogP) is 4.17. The van der Waals surface area contributed by atoms with E-state index in [0.29, 0.717) is 17.6 Å². The highest BCUT2D eigenvalue weighted by molar-refractivity contribution is 5.74. The third-order valence-electron chi connectivity index (χ3n) is 7.62. The van der Waals surface area contributed by atoms with Crippen LogP contribution in [0.2, 0.25) is 0 Å². The highest BCUT2D eigenvalue weighted by atomic mass is 16.6. The van der Waals surface area contributed by atoms with Gasteiger partial charge in [0.2, 0.25) is 0 Å². The molecule has 0 aliphatic heterocycles. The standard InChI is InChI=1S/C27H40O7/c1-4-5-6-9-20(34-27(31)17(2)32-3)11-12-21-22-13-18-8-7-10-25(33-16-26(29)30)23(18)14-19(22)15-24(21)28/h7-8,10,17,19-22,24,28H,4-6,9,11-16H2,1-3H3,(H,29,30)/t17-,19+,20+,21-,22+,24-/m1/s1. The molecule has 34 heavy (non-hydrogen) atoms. The van der Waals surface area contributed by atoms with Crippen LogP contribution in [0.4, 0.5) is 0 Å². The first kappa shape index (κ1) is 26.5. The molecule has 0 bridgehead atoms. The lowest BCUT2D eigenvalue weighted by Gasteiger charge is -2.33. The summed E-state index contributed by atoms with van der Waals surface area (Å²) in [7, 11) is 1.51. The Bertz CT molecular complexity index is 823. The summed E-state index contributed by atoms with van der Waals surface area (Å²) in [4.78, 5) is 23.3. The van der Waals surface area contributed by atoms with Crippen molar-refractivity contribution in [2.24, 2.45) is 17.8 Å². The Balaban J connectivity index is 1.65. The van der Waals surface area contributed by atoms with Crippen LogP contribution in [0.3, 0.4) is 0 Å². The molecular formula is C27H40O7. The fraction of sp³-hybridized carbons (Fsp3) is 0.704. The molecule has 1 saturated carbocycles. The number of esters is 1. The Labute approximate surface area is 202 Å². The molecule has 1 aromatic carbocycles. The van der Waals surface area contributed by atoms with Crippen LogP contribution in [0.1, 0.15) is 69.9 Å². The van der Waals surface area contributed by atoms with Crippen LogP contribution in [-0.4, -0.2) is 54.2 Å². The van der Waals surface area contributed by atoms with E-state index in [4.69, 9.17) is 19.3 Å². The molecule has 0 aromatic heterocycles. The molecule has 0 spiro atoms. The number of hydrogen-bond donors (Lipinski definition) is 2. The minimum Gasteiger partial charge on any atom is -0.482 e. The molecule has 0 radical (unpaired) electrons. The number of carboxylic acid groups (broad SMARTS) is 1. The molecule has 0 unspecified atom stereocenters. The maximum Gasteiger partial charge on any atom is 0.341 e. The van der Waals surface area contributed by atoms with Crippen molar-refractivity contribution in [2.45, 2.75) is 89.9 Å². The number of rotatable bonds is 13. The molecule has 3 rings (SSSR count). The second-order valence-corrected chi connectivity index (χ2v) is 9.89. The number of carbonyl (C=O) groups excluding carboxylic acids is 1. The summed E-state index contributed by atoms with van der Waals surface area (Å²) < 4.78 is 16.4. The maximum atomic E-state index is 12.3.